The summed E-state index contributed by atoms with van der Waals surface area (Å²) in [6.45, 7) is 7.67. The van der Waals surface area contributed by atoms with E-state index in [1.54, 1.807) is 6.92 Å². The number of rotatable bonds is 6. The Kier molecular flexibility index (Phi) is 6.95. The lowest BCUT2D eigenvalue weighted by molar-refractivity contribution is -0.146. The minimum atomic E-state index is -0.982. The highest BCUT2D eigenvalue weighted by molar-refractivity contribution is 7.17. The maximum absolute atomic E-state index is 13.2. The zero-order valence-electron chi connectivity index (χ0n) is 18.2. The second kappa shape index (κ2) is 9.47. The van der Waals surface area contributed by atoms with Gasteiger partial charge in [0.2, 0.25) is 5.91 Å². The number of hydrogen-bond acceptors (Lipinski definition) is 5. The van der Waals surface area contributed by atoms with E-state index in [-0.39, 0.29) is 12.5 Å². The van der Waals surface area contributed by atoms with E-state index in [1.165, 1.54) is 11.3 Å². The molecule has 0 unspecified atom stereocenters. The van der Waals surface area contributed by atoms with E-state index >= 15 is 0 Å². The molecule has 0 bridgehead atoms. The number of carbonyl (C=O) groups excluding carboxylic acids is 2. The molecule has 7 heteroatoms. The van der Waals surface area contributed by atoms with Crippen molar-refractivity contribution < 1.29 is 24.2 Å². The summed E-state index contributed by atoms with van der Waals surface area (Å²) in [5.74, 6) is -3.36. The molecule has 2 aromatic rings. The summed E-state index contributed by atoms with van der Waals surface area (Å²) >= 11 is 1.30. The average molecular weight is 442 g/mol. The number of carboxylic acids is 1. The number of ether oxygens (including phenoxy) is 1. The van der Waals surface area contributed by atoms with Crippen molar-refractivity contribution in [1.29, 1.82) is 0 Å². The highest BCUT2D eigenvalue weighted by Gasteiger charge is 2.38. The molecule has 0 aliphatic heterocycles. The van der Waals surface area contributed by atoms with Gasteiger partial charge in [-0.15, -0.1) is 11.3 Å². The Hall–Kier alpha value is -2.93. The van der Waals surface area contributed by atoms with Crippen molar-refractivity contribution in [1.82, 2.24) is 0 Å². The third kappa shape index (κ3) is 4.71. The highest BCUT2D eigenvalue weighted by atomic mass is 32.1. The number of esters is 1. The molecule has 1 amide bonds. The largest absolute Gasteiger partial charge is 0.481 e. The third-order valence-corrected chi connectivity index (χ3v) is 6.80. The van der Waals surface area contributed by atoms with Crippen LogP contribution in [-0.2, 0) is 14.3 Å². The van der Waals surface area contributed by atoms with Crippen molar-refractivity contribution in [2.24, 2.45) is 11.8 Å². The fraction of sp³-hybridized carbons (Fsp3) is 0.375. The quantitative estimate of drug-likeness (QED) is 0.470. The minimum absolute atomic E-state index is 0.211. The molecule has 0 fully saturated rings. The summed E-state index contributed by atoms with van der Waals surface area (Å²) in [5, 5.41) is 12.9. The molecule has 2 N–H and O–H groups in total. The SMILES string of the molecule is CCOC(=O)c1c(NC(=O)[C@H]2CC(C)=C(C)C[C@@H]2C(=O)O)sc(C)c1-c1ccccc1. The summed E-state index contributed by atoms with van der Waals surface area (Å²) in [7, 11) is 0. The van der Waals surface area contributed by atoms with E-state index in [9.17, 15) is 19.5 Å². The number of nitrogens with one attached hydrogen (secondary N) is 1. The maximum Gasteiger partial charge on any atom is 0.341 e. The molecule has 164 valence electrons. The van der Waals surface area contributed by atoms with Crippen LogP contribution in [0.25, 0.3) is 11.1 Å². The number of hydrogen-bond donors (Lipinski definition) is 2. The first-order valence-corrected chi connectivity index (χ1v) is 11.1. The van der Waals surface area contributed by atoms with Crippen LogP contribution in [0.5, 0.6) is 0 Å². The number of thiophene rings is 1. The van der Waals surface area contributed by atoms with E-state index in [1.807, 2.05) is 51.1 Å². The molecule has 1 aliphatic carbocycles. The van der Waals surface area contributed by atoms with Crippen LogP contribution in [0.1, 0.15) is 48.8 Å². The van der Waals surface area contributed by atoms with Crippen LogP contribution in [0.4, 0.5) is 5.00 Å². The lowest BCUT2D eigenvalue weighted by atomic mass is 9.76. The second-order valence-electron chi connectivity index (χ2n) is 7.83. The summed E-state index contributed by atoms with van der Waals surface area (Å²) < 4.78 is 5.28. The maximum atomic E-state index is 13.2. The van der Waals surface area contributed by atoms with Crippen LogP contribution in [0, 0.1) is 18.8 Å². The average Bonchev–Trinajstić information content (AvgIpc) is 3.05. The van der Waals surface area contributed by atoms with E-state index in [0.717, 1.165) is 27.2 Å². The molecule has 0 spiro atoms. The third-order valence-electron chi connectivity index (χ3n) is 5.78. The van der Waals surface area contributed by atoms with E-state index < -0.39 is 23.8 Å². The van der Waals surface area contributed by atoms with Crippen LogP contribution >= 0.6 is 11.3 Å². The van der Waals surface area contributed by atoms with Crippen molar-refractivity contribution in [3.05, 3.63) is 51.9 Å². The predicted molar refractivity (Wildman–Crippen MR) is 121 cm³/mol. The van der Waals surface area contributed by atoms with Crippen molar-refractivity contribution >= 4 is 34.2 Å². The Balaban J connectivity index is 2.00. The van der Waals surface area contributed by atoms with Gasteiger partial charge in [-0.1, -0.05) is 41.5 Å². The second-order valence-corrected chi connectivity index (χ2v) is 9.06. The van der Waals surface area contributed by atoms with Gasteiger partial charge in [0, 0.05) is 10.4 Å². The lowest BCUT2D eigenvalue weighted by Gasteiger charge is -2.29. The lowest BCUT2D eigenvalue weighted by Crippen LogP contribution is -2.36. The molecule has 3 rings (SSSR count). The van der Waals surface area contributed by atoms with Crippen LogP contribution in [0.3, 0.4) is 0 Å². The van der Waals surface area contributed by atoms with Gasteiger partial charge in [-0.2, -0.15) is 0 Å². The fourth-order valence-corrected chi connectivity index (χ4v) is 5.08. The Labute approximate surface area is 185 Å². The van der Waals surface area contributed by atoms with Gasteiger partial charge < -0.3 is 15.2 Å². The molecule has 31 heavy (non-hydrogen) atoms. The summed E-state index contributed by atoms with van der Waals surface area (Å²) in [6, 6.07) is 9.47. The van der Waals surface area contributed by atoms with Gasteiger partial charge in [-0.3, -0.25) is 9.59 Å². The Bertz CT molecular complexity index is 1040. The van der Waals surface area contributed by atoms with Gasteiger partial charge in [0.15, 0.2) is 0 Å². The van der Waals surface area contributed by atoms with Gasteiger partial charge in [0.25, 0.3) is 0 Å². The number of carboxylic acid groups (broad SMARTS) is 1. The normalized spacial score (nSPS) is 18.6. The van der Waals surface area contributed by atoms with Gasteiger partial charge in [-0.25, -0.2) is 4.79 Å². The van der Waals surface area contributed by atoms with Gasteiger partial charge in [-0.05, 0) is 46.1 Å². The first kappa shape index (κ1) is 22.7. The first-order valence-electron chi connectivity index (χ1n) is 10.3. The number of amides is 1. The molecule has 0 saturated carbocycles. The monoisotopic (exact) mass is 441 g/mol. The smallest absolute Gasteiger partial charge is 0.341 e. The first-order chi connectivity index (χ1) is 14.7. The predicted octanol–water partition coefficient (Wildman–Crippen LogP) is 5.29. The van der Waals surface area contributed by atoms with Crippen molar-refractivity contribution in [2.75, 3.05) is 11.9 Å². The number of aryl methyl sites for hydroxylation is 1. The molecule has 1 aliphatic rings. The molecular weight excluding hydrogens is 414 g/mol. The van der Waals surface area contributed by atoms with Gasteiger partial charge >= 0.3 is 11.9 Å². The highest BCUT2D eigenvalue weighted by Crippen LogP contribution is 2.42. The minimum Gasteiger partial charge on any atom is -0.481 e. The molecule has 1 heterocycles. The van der Waals surface area contributed by atoms with Gasteiger partial charge in [0.1, 0.15) is 10.6 Å². The van der Waals surface area contributed by atoms with E-state index in [0.29, 0.717) is 23.4 Å². The Morgan fingerprint density at radius 1 is 1.06 bits per heavy atom. The van der Waals surface area contributed by atoms with E-state index in [4.69, 9.17) is 4.74 Å². The van der Waals surface area contributed by atoms with E-state index in [2.05, 4.69) is 5.32 Å². The van der Waals surface area contributed by atoms with Crippen molar-refractivity contribution in [3.8, 4) is 11.1 Å². The van der Waals surface area contributed by atoms with Crippen LogP contribution < -0.4 is 5.32 Å². The van der Waals surface area contributed by atoms with Crippen molar-refractivity contribution in [3.63, 3.8) is 0 Å². The molecule has 1 aromatic heterocycles. The summed E-state index contributed by atoms with van der Waals surface area (Å²) in [5.41, 5.74) is 3.95. The topological polar surface area (TPSA) is 92.7 Å². The number of carbonyl (C=O) groups is 3. The molecular formula is C24H27NO5S. The number of allylic oxidation sites excluding steroid dienone is 2. The Morgan fingerprint density at radius 3 is 2.26 bits per heavy atom. The molecule has 0 saturated heterocycles. The number of anilines is 1. The fourth-order valence-electron chi connectivity index (χ4n) is 4.02. The standard InChI is InChI=1S/C24H27NO5S/c1-5-30-24(29)20-19(16-9-7-6-8-10-16)15(4)31-22(20)25-21(26)17-11-13(2)14(3)12-18(17)23(27)28/h6-10,17-18H,5,11-12H2,1-4H3,(H,25,26)(H,27,28)/t17-,18-/m0/s1. The van der Waals surface area contributed by atoms with Crippen molar-refractivity contribution in [2.45, 2.75) is 40.5 Å². The van der Waals surface area contributed by atoms with Gasteiger partial charge in [0.05, 0.1) is 18.4 Å². The molecule has 1 aromatic carbocycles. The van der Waals surface area contributed by atoms with Crippen LogP contribution in [0.15, 0.2) is 41.5 Å². The Morgan fingerprint density at radius 2 is 1.68 bits per heavy atom. The molecule has 6 nitrogen and oxygen atoms in total. The van der Waals surface area contributed by atoms with Crippen LogP contribution in [-0.4, -0.2) is 29.6 Å². The zero-order valence-corrected chi connectivity index (χ0v) is 19.0. The number of benzene rings is 1. The summed E-state index contributed by atoms with van der Waals surface area (Å²) in [4.78, 5) is 38.7. The summed E-state index contributed by atoms with van der Waals surface area (Å²) in [6.07, 6.45) is 0.738. The van der Waals surface area contributed by atoms with Crippen LogP contribution in [0.2, 0.25) is 0 Å². The molecule has 0 radical (unpaired) electrons. The number of aliphatic carboxylic acids is 1. The molecule has 2 atom stereocenters. The zero-order chi connectivity index (χ0) is 22.7.